The van der Waals surface area contributed by atoms with E-state index in [-0.39, 0.29) is 5.91 Å². The second kappa shape index (κ2) is 2.96. The van der Waals surface area contributed by atoms with Crippen LogP contribution in [0.2, 0.25) is 0 Å². The van der Waals surface area contributed by atoms with Crippen molar-refractivity contribution in [2.75, 3.05) is 7.05 Å². The van der Waals surface area contributed by atoms with Gasteiger partial charge in [0.2, 0.25) is 0 Å². The summed E-state index contributed by atoms with van der Waals surface area (Å²) in [5, 5.41) is 2.49. The minimum absolute atomic E-state index is 0.112. The Morgan fingerprint density at radius 1 is 1.80 bits per heavy atom. The number of nitrogens with one attached hydrogen (secondary N) is 1. The van der Waals surface area contributed by atoms with Gasteiger partial charge in [0.1, 0.15) is 0 Å². The lowest BCUT2D eigenvalue weighted by atomic mass is 10.2. The molecule has 0 aliphatic heterocycles. The molecule has 1 amide bonds. The molecular weight excluding hydrogens is 128 g/mol. The fraction of sp³-hybridized carbons (Fsp3) is 0.143. The summed E-state index contributed by atoms with van der Waals surface area (Å²) in [6.07, 6.45) is 4.10. The highest BCUT2D eigenvalue weighted by atomic mass is 16.1. The van der Waals surface area contributed by atoms with Crippen LogP contribution in [0.3, 0.4) is 0 Å². The lowest BCUT2D eigenvalue weighted by Crippen LogP contribution is -2.17. The number of amides is 1. The number of aromatic nitrogens is 1. The molecule has 0 unspecified atom stereocenters. The van der Waals surface area contributed by atoms with Crippen LogP contribution >= 0.6 is 0 Å². The lowest BCUT2D eigenvalue weighted by Gasteiger charge is -1.95. The Balaban J connectivity index is 2.85. The topological polar surface area (TPSA) is 42.0 Å². The molecule has 0 aliphatic carbocycles. The third-order valence-electron chi connectivity index (χ3n) is 1.11. The highest BCUT2D eigenvalue weighted by Gasteiger charge is 1.98. The van der Waals surface area contributed by atoms with Gasteiger partial charge in [-0.25, -0.2) is 0 Å². The van der Waals surface area contributed by atoms with Gasteiger partial charge in [-0.2, -0.15) is 0 Å². The van der Waals surface area contributed by atoms with Gasteiger partial charge in [0.05, 0.1) is 6.20 Å². The van der Waals surface area contributed by atoms with Crippen LogP contribution < -0.4 is 5.32 Å². The van der Waals surface area contributed by atoms with Gasteiger partial charge >= 0.3 is 0 Å². The largest absolute Gasteiger partial charge is 0.355 e. The van der Waals surface area contributed by atoms with Gasteiger partial charge in [0.15, 0.2) is 0 Å². The molecule has 0 atom stereocenters. The summed E-state index contributed by atoms with van der Waals surface area (Å²) in [6.45, 7) is 0. The first-order valence-corrected chi connectivity index (χ1v) is 2.89. The minimum Gasteiger partial charge on any atom is -0.355 e. The van der Waals surface area contributed by atoms with E-state index in [1.807, 2.05) is 0 Å². The molecule has 1 N–H and O–H groups in total. The highest BCUT2D eigenvalue weighted by Crippen LogP contribution is 1.93. The quantitative estimate of drug-likeness (QED) is 0.599. The molecule has 0 saturated heterocycles. The van der Waals surface area contributed by atoms with E-state index >= 15 is 0 Å². The molecule has 0 bridgehead atoms. The van der Waals surface area contributed by atoms with Crippen molar-refractivity contribution in [2.45, 2.75) is 0 Å². The predicted molar refractivity (Wildman–Crippen MR) is 36.5 cm³/mol. The van der Waals surface area contributed by atoms with Gasteiger partial charge in [0.25, 0.3) is 5.91 Å². The first-order valence-electron chi connectivity index (χ1n) is 2.89. The van der Waals surface area contributed by atoms with Gasteiger partial charge in [-0.1, -0.05) is 0 Å². The fourth-order valence-electron chi connectivity index (χ4n) is 0.601. The van der Waals surface area contributed by atoms with Gasteiger partial charge in [-0.3, -0.25) is 9.78 Å². The third-order valence-corrected chi connectivity index (χ3v) is 1.11. The van der Waals surface area contributed by atoms with Gasteiger partial charge in [0, 0.05) is 18.8 Å². The van der Waals surface area contributed by atoms with E-state index in [0.29, 0.717) is 5.56 Å². The van der Waals surface area contributed by atoms with Crippen LogP contribution in [0.4, 0.5) is 0 Å². The molecule has 0 saturated carbocycles. The summed E-state index contributed by atoms with van der Waals surface area (Å²) in [6, 6.07) is 3.17. The highest BCUT2D eigenvalue weighted by molar-refractivity contribution is 5.93. The average molecular weight is 135 g/mol. The molecule has 0 fully saturated rings. The molecule has 1 radical (unpaired) electrons. The second-order valence-corrected chi connectivity index (χ2v) is 1.75. The fourth-order valence-corrected chi connectivity index (χ4v) is 0.601. The average Bonchev–Trinajstić information content (AvgIpc) is 2.05. The van der Waals surface area contributed by atoms with Gasteiger partial charge in [-0.15, -0.1) is 0 Å². The van der Waals surface area contributed by atoms with Crippen LogP contribution in [0.15, 0.2) is 18.3 Å². The zero-order valence-electron chi connectivity index (χ0n) is 5.59. The van der Waals surface area contributed by atoms with Crippen LogP contribution in [0.1, 0.15) is 10.4 Å². The van der Waals surface area contributed by atoms with Crippen LogP contribution in [0.25, 0.3) is 0 Å². The van der Waals surface area contributed by atoms with Crippen molar-refractivity contribution in [1.29, 1.82) is 0 Å². The van der Waals surface area contributed by atoms with Crippen LogP contribution in [0.5, 0.6) is 0 Å². The van der Waals surface area contributed by atoms with Crippen molar-refractivity contribution in [3.63, 3.8) is 0 Å². The SMILES string of the molecule is CNC(=O)c1c[c]ncc1. The molecular formula is C7H7N2O. The van der Waals surface area contributed by atoms with E-state index in [1.165, 1.54) is 6.20 Å². The van der Waals surface area contributed by atoms with Crippen LogP contribution in [0, 0.1) is 6.20 Å². The predicted octanol–water partition coefficient (Wildman–Crippen LogP) is 0.241. The summed E-state index contributed by atoms with van der Waals surface area (Å²) in [7, 11) is 1.59. The number of carbonyl (C=O) groups excluding carboxylic acids is 1. The number of carbonyl (C=O) groups is 1. The molecule has 0 spiro atoms. The molecule has 1 rings (SSSR count). The molecule has 1 aromatic heterocycles. The van der Waals surface area contributed by atoms with E-state index in [0.717, 1.165) is 0 Å². The van der Waals surface area contributed by atoms with Crippen molar-refractivity contribution in [3.05, 3.63) is 30.1 Å². The van der Waals surface area contributed by atoms with E-state index in [1.54, 1.807) is 19.2 Å². The Labute approximate surface area is 59.1 Å². The molecule has 0 aliphatic rings. The summed E-state index contributed by atoms with van der Waals surface area (Å²) < 4.78 is 0. The Hall–Kier alpha value is -1.38. The first kappa shape index (κ1) is 6.74. The zero-order valence-corrected chi connectivity index (χ0v) is 5.59. The number of hydrogen-bond acceptors (Lipinski definition) is 2. The second-order valence-electron chi connectivity index (χ2n) is 1.75. The molecule has 3 nitrogen and oxygen atoms in total. The molecule has 1 heterocycles. The van der Waals surface area contributed by atoms with Gasteiger partial charge in [-0.05, 0) is 12.1 Å². The van der Waals surface area contributed by atoms with Crippen molar-refractivity contribution in [1.82, 2.24) is 10.3 Å². The normalized spacial score (nSPS) is 8.90. The first-order chi connectivity index (χ1) is 4.84. The molecule has 1 aromatic rings. The molecule has 3 heteroatoms. The minimum atomic E-state index is -0.112. The number of rotatable bonds is 1. The monoisotopic (exact) mass is 135 g/mol. The summed E-state index contributed by atoms with van der Waals surface area (Å²) in [5.41, 5.74) is 0.581. The Morgan fingerprint density at radius 3 is 3.10 bits per heavy atom. The van der Waals surface area contributed by atoms with Crippen LogP contribution in [-0.4, -0.2) is 17.9 Å². The van der Waals surface area contributed by atoms with Gasteiger partial charge < -0.3 is 5.32 Å². The standard InChI is InChI=1S/C7H7N2O/c1-8-7(10)6-2-4-9-5-3-6/h2-4H,1H3,(H,8,10). The number of nitrogens with zero attached hydrogens (tertiary/aromatic N) is 1. The Morgan fingerprint density at radius 2 is 2.60 bits per heavy atom. The Kier molecular flexibility index (Phi) is 1.99. The molecule has 0 aromatic carbocycles. The summed E-state index contributed by atoms with van der Waals surface area (Å²) >= 11 is 0. The van der Waals surface area contributed by atoms with Crippen molar-refractivity contribution in [3.8, 4) is 0 Å². The lowest BCUT2D eigenvalue weighted by molar-refractivity contribution is 0.0963. The van der Waals surface area contributed by atoms with E-state index in [2.05, 4.69) is 16.5 Å². The van der Waals surface area contributed by atoms with E-state index < -0.39 is 0 Å². The smallest absolute Gasteiger partial charge is 0.251 e. The molecule has 10 heavy (non-hydrogen) atoms. The third kappa shape index (κ3) is 1.31. The maximum atomic E-state index is 10.9. The van der Waals surface area contributed by atoms with Crippen molar-refractivity contribution < 1.29 is 4.79 Å². The Bertz CT molecular complexity index is 220. The van der Waals surface area contributed by atoms with E-state index in [4.69, 9.17) is 0 Å². The number of pyridine rings is 1. The summed E-state index contributed by atoms with van der Waals surface area (Å²) in [4.78, 5) is 14.5. The maximum absolute atomic E-state index is 10.9. The van der Waals surface area contributed by atoms with Crippen LogP contribution in [-0.2, 0) is 0 Å². The maximum Gasteiger partial charge on any atom is 0.251 e. The van der Waals surface area contributed by atoms with Crippen molar-refractivity contribution >= 4 is 5.91 Å². The zero-order chi connectivity index (χ0) is 7.40. The van der Waals surface area contributed by atoms with E-state index in [9.17, 15) is 4.79 Å². The summed E-state index contributed by atoms with van der Waals surface area (Å²) in [5.74, 6) is -0.112. The number of hydrogen-bond donors (Lipinski definition) is 1. The van der Waals surface area contributed by atoms with Crippen molar-refractivity contribution in [2.24, 2.45) is 0 Å². The molecule has 51 valence electrons.